The number of Topliss-reactive ketones (excluding diaryl/α,β-unsaturated/α-hetero) is 1. The Kier molecular flexibility index (Phi) is 1.23. The molecule has 0 spiro atoms. The van der Waals surface area contributed by atoms with E-state index in [0.29, 0.717) is 0 Å². The Morgan fingerprint density at radius 2 is 1.89 bits per heavy atom. The lowest BCUT2D eigenvalue weighted by Gasteiger charge is -2.08. The molecule has 50 valence electrons. The highest BCUT2D eigenvalue weighted by Gasteiger charge is 2.47. The summed E-state index contributed by atoms with van der Waals surface area (Å²) < 4.78 is 0. The molecule has 0 unspecified atom stereocenters. The SMILES string of the molecule is C=C(C)C1(C(C)=O)CC1. The van der Waals surface area contributed by atoms with Crippen molar-refractivity contribution in [2.75, 3.05) is 0 Å². The Labute approximate surface area is 55.8 Å². The van der Waals surface area contributed by atoms with Crippen molar-refractivity contribution in [2.45, 2.75) is 26.7 Å². The minimum Gasteiger partial charge on any atom is -0.299 e. The van der Waals surface area contributed by atoms with Crippen molar-refractivity contribution in [3.63, 3.8) is 0 Å². The number of hydrogen-bond donors (Lipinski definition) is 0. The van der Waals surface area contributed by atoms with E-state index in [4.69, 9.17) is 0 Å². The molecule has 0 aliphatic heterocycles. The van der Waals surface area contributed by atoms with Crippen molar-refractivity contribution < 1.29 is 4.79 Å². The van der Waals surface area contributed by atoms with Crippen molar-refractivity contribution in [1.82, 2.24) is 0 Å². The minimum atomic E-state index is -0.0833. The van der Waals surface area contributed by atoms with Gasteiger partial charge in [0.2, 0.25) is 0 Å². The third-order valence-electron chi connectivity index (χ3n) is 2.24. The summed E-state index contributed by atoms with van der Waals surface area (Å²) in [4.78, 5) is 10.9. The molecule has 0 aromatic heterocycles. The first-order chi connectivity index (χ1) is 4.09. The Morgan fingerprint density at radius 1 is 1.44 bits per heavy atom. The van der Waals surface area contributed by atoms with Gasteiger partial charge in [-0.25, -0.2) is 0 Å². The van der Waals surface area contributed by atoms with Crippen LogP contribution in [-0.2, 0) is 4.79 Å². The van der Waals surface area contributed by atoms with Crippen LogP contribution in [0.2, 0.25) is 0 Å². The third kappa shape index (κ3) is 0.805. The molecular weight excluding hydrogens is 112 g/mol. The van der Waals surface area contributed by atoms with Gasteiger partial charge in [0.1, 0.15) is 5.78 Å². The molecule has 0 atom stereocenters. The Hall–Kier alpha value is -0.590. The predicted molar refractivity (Wildman–Crippen MR) is 37.2 cm³/mol. The highest BCUT2D eigenvalue weighted by atomic mass is 16.1. The van der Waals surface area contributed by atoms with Crippen molar-refractivity contribution >= 4 is 5.78 Å². The average molecular weight is 124 g/mol. The molecule has 1 aliphatic carbocycles. The standard InChI is InChI=1S/C8H12O/c1-6(2)8(4-5-8)7(3)9/h1,4-5H2,2-3H3. The van der Waals surface area contributed by atoms with Crippen molar-refractivity contribution in [2.24, 2.45) is 5.41 Å². The lowest BCUT2D eigenvalue weighted by Crippen LogP contribution is -2.11. The lowest BCUT2D eigenvalue weighted by atomic mass is 9.95. The second kappa shape index (κ2) is 1.69. The van der Waals surface area contributed by atoms with Crippen LogP contribution >= 0.6 is 0 Å². The maximum absolute atomic E-state index is 10.9. The molecule has 1 aliphatic rings. The number of ketones is 1. The van der Waals surface area contributed by atoms with Crippen molar-refractivity contribution in [1.29, 1.82) is 0 Å². The first-order valence-corrected chi connectivity index (χ1v) is 3.26. The number of carbonyl (C=O) groups is 1. The smallest absolute Gasteiger partial charge is 0.139 e. The molecule has 0 saturated heterocycles. The molecule has 1 heteroatoms. The van der Waals surface area contributed by atoms with E-state index in [9.17, 15) is 4.79 Å². The van der Waals surface area contributed by atoms with Gasteiger partial charge in [-0.3, -0.25) is 4.79 Å². The number of allylic oxidation sites excluding steroid dienone is 1. The second-order valence-electron chi connectivity index (χ2n) is 2.92. The molecule has 1 nitrogen and oxygen atoms in total. The Bertz CT molecular complexity index is 147. The van der Waals surface area contributed by atoms with Gasteiger partial charge in [0.05, 0.1) is 0 Å². The summed E-state index contributed by atoms with van der Waals surface area (Å²) in [5.41, 5.74) is 0.954. The number of rotatable bonds is 2. The molecule has 0 heterocycles. The van der Waals surface area contributed by atoms with Gasteiger partial charge >= 0.3 is 0 Å². The lowest BCUT2D eigenvalue weighted by molar-refractivity contribution is -0.120. The van der Waals surface area contributed by atoms with Gasteiger partial charge in [0.25, 0.3) is 0 Å². The molecule has 9 heavy (non-hydrogen) atoms. The molecular formula is C8H12O. The van der Waals surface area contributed by atoms with E-state index in [1.165, 1.54) is 0 Å². The van der Waals surface area contributed by atoms with E-state index in [1.54, 1.807) is 6.92 Å². The zero-order chi connectivity index (χ0) is 7.07. The van der Waals surface area contributed by atoms with Crippen molar-refractivity contribution in [3.05, 3.63) is 12.2 Å². The van der Waals surface area contributed by atoms with Gasteiger partial charge in [0, 0.05) is 5.41 Å². The molecule has 0 radical (unpaired) electrons. The summed E-state index contributed by atoms with van der Waals surface area (Å²) in [6.07, 6.45) is 2.05. The molecule has 1 saturated carbocycles. The average Bonchev–Trinajstić information content (AvgIpc) is 2.40. The van der Waals surface area contributed by atoms with E-state index >= 15 is 0 Å². The zero-order valence-electron chi connectivity index (χ0n) is 6.03. The fourth-order valence-corrected chi connectivity index (χ4v) is 1.20. The molecule has 0 amide bonds. The quantitative estimate of drug-likeness (QED) is 0.514. The van der Waals surface area contributed by atoms with Gasteiger partial charge in [-0.05, 0) is 26.7 Å². The van der Waals surface area contributed by atoms with Crippen molar-refractivity contribution in [3.8, 4) is 0 Å². The van der Waals surface area contributed by atoms with E-state index in [0.717, 1.165) is 18.4 Å². The molecule has 0 bridgehead atoms. The van der Waals surface area contributed by atoms with Gasteiger partial charge in [-0.15, -0.1) is 0 Å². The monoisotopic (exact) mass is 124 g/mol. The summed E-state index contributed by atoms with van der Waals surface area (Å²) in [5.74, 6) is 0.287. The normalized spacial score (nSPS) is 21.1. The highest BCUT2D eigenvalue weighted by molar-refractivity contribution is 5.88. The van der Waals surface area contributed by atoms with Crippen LogP contribution in [0.4, 0.5) is 0 Å². The van der Waals surface area contributed by atoms with Gasteiger partial charge in [0.15, 0.2) is 0 Å². The summed E-state index contributed by atoms with van der Waals surface area (Å²) in [6.45, 7) is 7.38. The van der Waals surface area contributed by atoms with E-state index < -0.39 is 0 Å². The minimum absolute atomic E-state index is 0.0833. The van der Waals surface area contributed by atoms with Crippen LogP contribution in [-0.4, -0.2) is 5.78 Å². The first kappa shape index (κ1) is 6.53. The van der Waals surface area contributed by atoms with Crippen LogP contribution in [0.25, 0.3) is 0 Å². The van der Waals surface area contributed by atoms with E-state index in [-0.39, 0.29) is 11.2 Å². The summed E-state index contributed by atoms with van der Waals surface area (Å²) in [5, 5.41) is 0. The molecule has 0 aromatic carbocycles. The topological polar surface area (TPSA) is 17.1 Å². The Balaban J connectivity index is 2.75. The second-order valence-corrected chi connectivity index (χ2v) is 2.92. The van der Waals surface area contributed by atoms with Crippen LogP contribution in [0.3, 0.4) is 0 Å². The summed E-state index contributed by atoms with van der Waals surface area (Å²) in [7, 11) is 0. The third-order valence-corrected chi connectivity index (χ3v) is 2.24. The van der Waals surface area contributed by atoms with Crippen LogP contribution in [0.15, 0.2) is 12.2 Å². The van der Waals surface area contributed by atoms with Crippen LogP contribution in [0, 0.1) is 5.41 Å². The van der Waals surface area contributed by atoms with Gasteiger partial charge < -0.3 is 0 Å². The zero-order valence-corrected chi connectivity index (χ0v) is 6.03. The summed E-state index contributed by atoms with van der Waals surface area (Å²) >= 11 is 0. The number of carbonyl (C=O) groups excluding carboxylic acids is 1. The highest BCUT2D eigenvalue weighted by Crippen LogP contribution is 2.51. The molecule has 0 aromatic rings. The molecule has 1 rings (SSSR count). The fourth-order valence-electron chi connectivity index (χ4n) is 1.20. The largest absolute Gasteiger partial charge is 0.299 e. The van der Waals surface area contributed by atoms with E-state index in [2.05, 4.69) is 6.58 Å². The molecule has 0 N–H and O–H groups in total. The predicted octanol–water partition coefficient (Wildman–Crippen LogP) is 1.93. The van der Waals surface area contributed by atoms with Crippen LogP contribution < -0.4 is 0 Å². The fraction of sp³-hybridized carbons (Fsp3) is 0.625. The van der Waals surface area contributed by atoms with Crippen LogP contribution in [0.1, 0.15) is 26.7 Å². The van der Waals surface area contributed by atoms with Crippen LogP contribution in [0.5, 0.6) is 0 Å². The maximum Gasteiger partial charge on any atom is 0.139 e. The van der Waals surface area contributed by atoms with E-state index in [1.807, 2.05) is 6.92 Å². The van der Waals surface area contributed by atoms with Gasteiger partial charge in [-0.1, -0.05) is 12.2 Å². The Morgan fingerprint density at radius 3 is 1.89 bits per heavy atom. The molecule has 1 fully saturated rings. The maximum atomic E-state index is 10.9. The number of hydrogen-bond acceptors (Lipinski definition) is 1. The first-order valence-electron chi connectivity index (χ1n) is 3.26. The summed E-state index contributed by atoms with van der Waals surface area (Å²) in [6, 6.07) is 0. The van der Waals surface area contributed by atoms with Gasteiger partial charge in [-0.2, -0.15) is 0 Å².